The highest BCUT2D eigenvalue weighted by Crippen LogP contribution is 2.44. The maximum Gasteiger partial charge on any atom is 0.249 e. The first-order valence-electron chi connectivity index (χ1n) is 12.7. The Hall–Kier alpha value is -2.80. The Balaban J connectivity index is 1.45. The number of carbonyl (C=O) groups excluding carboxylic acids is 1. The van der Waals surface area contributed by atoms with Crippen LogP contribution in [0.1, 0.15) is 55.4 Å². The van der Waals surface area contributed by atoms with Gasteiger partial charge in [0.15, 0.2) is 0 Å². The summed E-state index contributed by atoms with van der Waals surface area (Å²) < 4.78 is 0. The topological polar surface area (TPSA) is 74.2 Å². The quantitative estimate of drug-likeness (QED) is 0.739. The largest absolute Gasteiger partial charge is 0.368 e. The number of rotatable bonds is 5. The van der Waals surface area contributed by atoms with E-state index in [2.05, 4.69) is 29.3 Å². The molecule has 5 rings (SSSR count). The molecule has 0 aromatic carbocycles. The highest BCUT2D eigenvalue weighted by molar-refractivity contribution is 6.02. The molecular weight excluding hydrogens is 424 g/mol. The Morgan fingerprint density at radius 1 is 1.12 bits per heavy atom. The van der Waals surface area contributed by atoms with Crippen molar-refractivity contribution < 1.29 is 4.79 Å². The minimum atomic E-state index is 0.130. The predicted octanol–water partition coefficient (Wildman–Crippen LogP) is 3.10. The zero-order chi connectivity index (χ0) is 23.7. The second kappa shape index (κ2) is 9.82. The van der Waals surface area contributed by atoms with Crippen molar-refractivity contribution >= 4 is 17.2 Å². The van der Waals surface area contributed by atoms with Crippen LogP contribution in [0.3, 0.4) is 0 Å². The molecule has 1 atom stereocenters. The average molecular weight is 461 g/mol. The van der Waals surface area contributed by atoms with Gasteiger partial charge in [0.05, 0.1) is 24.0 Å². The van der Waals surface area contributed by atoms with Gasteiger partial charge in [0.1, 0.15) is 5.82 Å². The molecule has 1 amide bonds. The molecule has 0 bridgehead atoms. The van der Waals surface area contributed by atoms with E-state index in [0.717, 1.165) is 68.2 Å². The SMILES string of the molecule is CC1Cc2cnc(Cc3ccc(N4CCNCC4)cn3)nc2C(C2CCCC2)=C1C(=O)N(C)C. The molecular formula is C27H36N6O. The molecule has 2 fully saturated rings. The molecule has 0 radical (unpaired) electrons. The fourth-order valence-electron chi connectivity index (χ4n) is 5.72. The zero-order valence-corrected chi connectivity index (χ0v) is 20.7. The number of likely N-dealkylation sites (N-methyl/N-ethyl adjacent to an activating group) is 1. The van der Waals surface area contributed by atoms with Crippen molar-refractivity contribution in [3.8, 4) is 0 Å². The summed E-state index contributed by atoms with van der Waals surface area (Å²) in [7, 11) is 3.70. The van der Waals surface area contributed by atoms with E-state index in [4.69, 9.17) is 15.0 Å². The van der Waals surface area contributed by atoms with Crippen molar-refractivity contribution in [2.45, 2.75) is 45.4 Å². The van der Waals surface area contributed by atoms with Gasteiger partial charge in [-0.25, -0.2) is 9.97 Å². The van der Waals surface area contributed by atoms with Crippen molar-refractivity contribution in [1.29, 1.82) is 0 Å². The van der Waals surface area contributed by atoms with Gasteiger partial charge in [0.2, 0.25) is 5.91 Å². The van der Waals surface area contributed by atoms with Gasteiger partial charge in [0.25, 0.3) is 0 Å². The Bertz CT molecular complexity index is 1070. The van der Waals surface area contributed by atoms with Crippen molar-refractivity contribution in [2.75, 3.05) is 45.2 Å². The lowest BCUT2D eigenvalue weighted by Gasteiger charge is -2.31. The number of fused-ring (bicyclic) bond motifs is 1. The maximum absolute atomic E-state index is 13.2. The van der Waals surface area contributed by atoms with Crippen LogP contribution in [0.2, 0.25) is 0 Å². The van der Waals surface area contributed by atoms with Crippen LogP contribution in [-0.2, 0) is 17.6 Å². The summed E-state index contributed by atoms with van der Waals surface area (Å²) in [5.74, 6) is 1.51. The molecule has 2 aromatic rings. The third-order valence-corrected chi connectivity index (χ3v) is 7.51. The average Bonchev–Trinajstić information content (AvgIpc) is 3.38. The van der Waals surface area contributed by atoms with Crippen molar-refractivity contribution in [3.05, 3.63) is 52.9 Å². The van der Waals surface area contributed by atoms with Crippen LogP contribution in [0.4, 0.5) is 5.69 Å². The number of pyridine rings is 1. The first kappa shape index (κ1) is 23.0. The molecule has 1 unspecified atom stereocenters. The number of nitrogens with one attached hydrogen (secondary N) is 1. The lowest BCUT2D eigenvalue weighted by molar-refractivity contribution is -0.125. The molecule has 0 spiro atoms. The highest BCUT2D eigenvalue weighted by atomic mass is 16.2. The number of amides is 1. The summed E-state index contributed by atoms with van der Waals surface area (Å²) in [5, 5.41) is 3.39. The van der Waals surface area contributed by atoms with Gasteiger partial charge in [-0.05, 0) is 54.4 Å². The Morgan fingerprint density at radius 3 is 2.56 bits per heavy atom. The first-order valence-corrected chi connectivity index (χ1v) is 12.7. The fourth-order valence-corrected chi connectivity index (χ4v) is 5.72. The number of allylic oxidation sites excluding steroid dienone is 1. The Morgan fingerprint density at radius 2 is 1.88 bits per heavy atom. The molecule has 7 nitrogen and oxygen atoms in total. The normalized spacial score (nSPS) is 21.0. The fraction of sp³-hybridized carbons (Fsp3) is 0.556. The molecule has 1 aliphatic heterocycles. The number of hydrogen-bond donors (Lipinski definition) is 1. The molecule has 2 aromatic heterocycles. The van der Waals surface area contributed by atoms with Crippen LogP contribution >= 0.6 is 0 Å². The molecule has 1 saturated heterocycles. The number of hydrogen-bond acceptors (Lipinski definition) is 6. The van der Waals surface area contributed by atoms with Crippen LogP contribution in [0.5, 0.6) is 0 Å². The standard InChI is InChI=1S/C27H36N6O/c1-18-14-20-16-30-23(15-21-8-9-22(17-29-21)33-12-10-28-11-13-33)31-26(20)25(19-6-4-5-7-19)24(18)27(34)32(2)3/h8-9,16-19,28H,4-7,10-15H2,1-3H3. The summed E-state index contributed by atoms with van der Waals surface area (Å²) in [6.45, 7) is 6.22. The number of carbonyl (C=O) groups is 1. The van der Waals surface area contributed by atoms with E-state index >= 15 is 0 Å². The van der Waals surface area contributed by atoms with E-state index < -0.39 is 0 Å². The van der Waals surface area contributed by atoms with E-state index in [1.807, 2.05) is 26.5 Å². The molecule has 3 aliphatic rings. The van der Waals surface area contributed by atoms with E-state index in [9.17, 15) is 4.79 Å². The third kappa shape index (κ3) is 4.58. The van der Waals surface area contributed by atoms with Crippen molar-refractivity contribution in [1.82, 2.24) is 25.2 Å². The van der Waals surface area contributed by atoms with Crippen LogP contribution < -0.4 is 10.2 Å². The van der Waals surface area contributed by atoms with E-state index in [1.54, 1.807) is 4.90 Å². The van der Waals surface area contributed by atoms with Gasteiger partial charge in [-0.3, -0.25) is 9.78 Å². The Labute approximate surface area is 202 Å². The minimum Gasteiger partial charge on any atom is -0.368 e. The van der Waals surface area contributed by atoms with Gasteiger partial charge in [-0.2, -0.15) is 0 Å². The molecule has 1 saturated carbocycles. The number of aromatic nitrogens is 3. The van der Waals surface area contributed by atoms with Gasteiger partial charge in [0, 0.05) is 57.7 Å². The maximum atomic E-state index is 13.2. The molecule has 180 valence electrons. The summed E-state index contributed by atoms with van der Waals surface area (Å²) in [6.07, 6.45) is 10.1. The second-order valence-electron chi connectivity index (χ2n) is 10.2. The summed E-state index contributed by atoms with van der Waals surface area (Å²) in [4.78, 5) is 31.8. The predicted molar refractivity (Wildman–Crippen MR) is 135 cm³/mol. The third-order valence-electron chi connectivity index (χ3n) is 7.51. The van der Waals surface area contributed by atoms with E-state index in [-0.39, 0.29) is 11.8 Å². The first-order chi connectivity index (χ1) is 16.5. The van der Waals surface area contributed by atoms with Gasteiger partial charge < -0.3 is 15.1 Å². The molecule has 34 heavy (non-hydrogen) atoms. The molecule has 2 aliphatic carbocycles. The van der Waals surface area contributed by atoms with E-state index in [1.165, 1.54) is 29.7 Å². The summed E-state index contributed by atoms with van der Waals surface area (Å²) in [6, 6.07) is 4.25. The van der Waals surface area contributed by atoms with Gasteiger partial charge >= 0.3 is 0 Å². The summed E-state index contributed by atoms with van der Waals surface area (Å²) >= 11 is 0. The smallest absolute Gasteiger partial charge is 0.249 e. The van der Waals surface area contributed by atoms with Crippen LogP contribution in [0.25, 0.3) is 5.57 Å². The number of anilines is 1. The van der Waals surface area contributed by atoms with E-state index in [0.29, 0.717) is 12.3 Å². The van der Waals surface area contributed by atoms with Crippen LogP contribution in [0.15, 0.2) is 30.1 Å². The van der Waals surface area contributed by atoms with Crippen LogP contribution in [-0.4, -0.2) is 66.0 Å². The summed E-state index contributed by atoms with van der Waals surface area (Å²) in [5.41, 5.74) is 6.49. The zero-order valence-electron chi connectivity index (χ0n) is 20.7. The highest BCUT2D eigenvalue weighted by Gasteiger charge is 2.35. The number of piperazine rings is 1. The van der Waals surface area contributed by atoms with Gasteiger partial charge in [-0.1, -0.05) is 19.8 Å². The molecule has 7 heteroatoms. The minimum absolute atomic E-state index is 0.130. The van der Waals surface area contributed by atoms with Crippen molar-refractivity contribution in [3.63, 3.8) is 0 Å². The second-order valence-corrected chi connectivity index (χ2v) is 10.2. The van der Waals surface area contributed by atoms with Crippen LogP contribution in [0, 0.1) is 11.8 Å². The number of nitrogens with zero attached hydrogens (tertiary/aromatic N) is 5. The van der Waals surface area contributed by atoms with Gasteiger partial charge in [-0.15, -0.1) is 0 Å². The Kier molecular flexibility index (Phi) is 6.63. The molecule has 3 heterocycles. The van der Waals surface area contributed by atoms with Crippen molar-refractivity contribution in [2.24, 2.45) is 11.8 Å². The lowest BCUT2D eigenvalue weighted by Crippen LogP contribution is -2.43. The molecule has 1 N–H and O–H groups in total. The monoisotopic (exact) mass is 460 g/mol. The lowest BCUT2D eigenvalue weighted by atomic mass is 9.76.